The van der Waals surface area contributed by atoms with E-state index in [1.54, 1.807) is 12.8 Å². The van der Waals surface area contributed by atoms with Crippen LogP contribution in [0.25, 0.3) is 0 Å². The Labute approximate surface area is 170 Å². The highest BCUT2D eigenvalue weighted by Gasteiger charge is 2.41. The second kappa shape index (κ2) is 11.2. The molecule has 3 saturated carbocycles. The Morgan fingerprint density at radius 3 is 1.70 bits per heavy atom. The van der Waals surface area contributed by atoms with Crippen molar-refractivity contribution in [1.82, 2.24) is 0 Å². The number of methoxy groups -OCH3 is 1. The summed E-state index contributed by atoms with van der Waals surface area (Å²) in [6, 6.07) is 0. The summed E-state index contributed by atoms with van der Waals surface area (Å²) in [5, 5.41) is 0. The van der Waals surface area contributed by atoms with Crippen LogP contribution in [0.15, 0.2) is 0 Å². The van der Waals surface area contributed by atoms with Crippen LogP contribution in [0.1, 0.15) is 129 Å². The standard InChI is InChI=1S/C26H48O/c1-3-4-6-9-22-10-12-23(13-11-22)14-15-24-16-18-25(19-17-24)26(27-2)20-7-5-8-21-26/h22-25H,3-21H2,1-2H3. The molecule has 1 nitrogen and oxygen atoms in total. The van der Waals surface area contributed by atoms with Crippen molar-refractivity contribution in [3.63, 3.8) is 0 Å². The summed E-state index contributed by atoms with van der Waals surface area (Å²) in [5.41, 5.74) is 0.263. The van der Waals surface area contributed by atoms with Gasteiger partial charge in [0.05, 0.1) is 5.60 Å². The van der Waals surface area contributed by atoms with Gasteiger partial charge >= 0.3 is 0 Å². The summed E-state index contributed by atoms with van der Waals surface area (Å²) in [5.74, 6) is 4.02. The van der Waals surface area contributed by atoms with Gasteiger partial charge in [0, 0.05) is 7.11 Å². The van der Waals surface area contributed by atoms with E-state index in [-0.39, 0.29) is 5.60 Å². The lowest BCUT2D eigenvalue weighted by molar-refractivity contribution is -0.0972. The third-order valence-corrected chi connectivity index (χ3v) is 8.86. The predicted octanol–water partition coefficient (Wildman–Crippen LogP) is 8.31. The van der Waals surface area contributed by atoms with Gasteiger partial charge in [0.15, 0.2) is 0 Å². The minimum absolute atomic E-state index is 0.263. The first kappa shape index (κ1) is 21.7. The first-order valence-electron chi connectivity index (χ1n) is 12.8. The van der Waals surface area contributed by atoms with Crippen LogP contribution in [0.3, 0.4) is 0 Å². The summed E-state index contributed by atoms with van der Waals surface area (Å²) < 4.78 is 6.15. The fourth-order valence-corrected chi connectivity index (χ4v) is 6.87. The molecule has 0 N–H and O–H groups in total. The molecule has 0 aliphatic heterocycles. The minimum atomic E-state index is 0.263. The van der Waals surface area contributed by atoms with Gasteiger partial charge in [-0.1, -0.05) is 103 Å². The summed E-state index contributed by atoms with van der Waals surface area (Å²) in [4.78, 5) is 0. The molecule has 0 saturated heterocycles. The zero-order valence-electron chi connectivity index (χ0n) is 18.7. The van der Waals surface area contributed by atoms with Gasteiger partial charge in [-0.15, -0.1) is 0 Å². The van der Waals surface area contributed by atoms with Gasteiger partial charge in [0.2, 0.25) is 0 Å². The first-order valence-corrected chi connectivity index (χ1v) is 12.8. The molecule has 0 spiro atoms. The van der Waals surface area contributed by atoms with E-state index in [2.05, 4.69) is 6.92 Å². The van der Waals surface area contributed by atoms with Gasteiger partial charge in [-0.25, -0.2) is 0 Å². The highest BCUT2D eigenvalue weighted by Crippen LogP contribution is 2.46. The van der Waals surface area contributed by atoms with Gasteiger partial charge in [0.25, 0.3) is 0 Å². The Bertz CT molecular complexity index is 381. The Morgan fingerprint density at radius 1 is 0.667 bits per heavy atom. The molecule has 3 rings (SSSR count). The van der Waals surface area contributed by atoms with Crippen molar-refractivity contribution < 1.29 is 4.74 Å². The molecule has 0 bridgehead atoms. The van der Waals surface area contributed by atoms with Crippen LogP contribution in [-0.4, -0.2) is 12.7 Å². The Kier molecular flexibility index (Phi) is 9.01. The maximum Gasteiger partial charge on any atom is 0.0706 e. The number of unbranched alkanes of at least 4 members (excludes halogenated alkanes) is 2. The molecule has 3 aliphatic carbocycles. The largest absolute Gasteiger partial charge is 0.378 e. The van der Waals surface area contributed by atoms with Crippen LogP contribution >= 0.6 is 0 Å². The molecule has 3 aliphatic rings. The van der Waals surface area contributed by atoms with Crippen LogP contribution in [0.2, 0.25) is 0 Å². The second-order valence-corrected chi connectivity index (χ2v) is 10.5. The quantitative estimate of drug-likeness (QED) is 0.368. The third-order valence-electron chi connectivity index (χ3n) is 8.86. The maximum atomic E-state index is 6.15. The third kappa shape index (κ3) is 6.22. The van der Waals surface area contributed by atoms with Crippen molar-refractivity contribution in [3.8, 4) is 0 Å². The van der Waals surface area contributed by atoms with Gasteiger partial charge in [-0.2, -0.15) is 0 Å². The molecule has 0 atom stereocenters. The van der Waals surface area contributed by atoms with Crippen molar-refractivity contribution >= 4 is 0 Å². The highest BCUT2D eigenvalue weighted by molar-refractivity contribution is 4.93. The molecule has 0 amide bonds. The minimum Gasteiger partial charge on any atom is -0.378 e. The lowest BCUT2D eigenvalue weighted by Crippen LogP contribution is -2.43. The first-order chi connectivity index (χ1) is 13.3. The zero-order valence-corrected chi connectivity index (χ0v) is 18.7. The van der Waals surface area contributed by atoms with Crippen molar-refractivity contribution in [2.24, 2.45) is 23.7 Å². The molecule has 3 fully saturated rings. The number of hydrogen-bond acceptors (Lipinski definition) is 1. The van der Waals surface area contributed by atoms with Crippen LogP contribution < -0.4 is 0 Å². The average Bonchev–Trinajstić information content (AvgIpc) is 2.74. The lowest BCUT2D eigenvalue weighted by Gasteiger charge is -2.45. The molecule has 27 heavy (non-hydrogen) atoms. The SMILES string of the molecule is CCCCCC1CCC(CCC2CCC(C3(OC)CCCCC3)CC2)CC1. The van der Waals surface area contributed by atoms with Crippen LogP contribution in [0.5, 0.6) is 0 Å². The highest BCUT2D eigenvalue weighted by atomic mass is 16.5. The van der Waals surface area contributed by atoms with Crippen molar-refractivity contribution in [1.29, 1.82) is 0 Å². The Hall–Kier alpha value is -0.0400. The lowest BCUT2D eigenvalue weighted by atomic mass is 9.67. The van der Waals surface area contributed by atoms with E-state index in [1.165, 1.54) is 109 Å². The Morgan fingerprint density at radius 2 is 1.19 bits per heavy atom. The predicted molar refractivity (Wildman–Crippen MR) is 117 cm³/mol. The van der Waals surface area contributed by atoms with Crippen LogP contribution in [-0.2, 0) is 4.74 Å². The maximum absolute atomic E-state index is 6.15. The molecule has 0 radical (unpaired) electrons. The second-order valence-electron chi connectivity index (χ2n) is 10.5. The average molecular weight is 377 g/mol. The molecule has 0 unspecified atom stereocenters. The van der Waals surface area contributed by atoms with Gasteiger partial charge in [-0.05, 0) is 49.4 Å². The van der Waals surface area contributed by atoms with E-state index in [4.69, 9.17) is 4.74 Å². The van der Waals surface area contributed by atoms with E-state index < -0.39 is 0 Å². The molecule has 1 heteroatoms. The normalized spacial score (nSPS) is 34.4. The molecular weight excluding hydrogens is 328 g/mol. The number of ether oxygens (including phenoxy) is 1. The molecule has 158 valence electrons. The van der Waals surface area contributed by atoms with Crippen molar-refractivity contribution in [2.75, 3.05) is 7.11 Å². The number of hydrogen-bond donors (Lipinski definition) is 0. The van der Waals surface area contributed by atoms with Crippen molar-refractivity contribution in [3.05, 3.63) is 0 Å². The summed E-state index contributed by atoms with van der Waals surface area (Å²) in [6.45, 7) is 2.33. The fourth-order valence-electron chi connectivity index (χ4n) is 6.87. The number of rotatable bonds is 9. The summed E-state index contributed by atoms with van der Waals surface area (Å²) in [7, 11) is 2.00. The Balaban J connectivity index is 1.31. The van der Waals surface area contributed by atoms with Gasteiger partial charge in [-0.3, -0.25) is 0 Å². The topological polar surface area (TPSA) is 9.23 Å². The van der Waals surface area contributed by atoms with E-state index in [1.807, 2.05) is 7.11 Å². The fraction of sp³-hybridized carbons (Fsp3) is 1.00. The summed E-state index contributed by atoms with van der Waals surface area (Å²) in [6.07, 6.45) is 27.8. The van der Waals surface area contributed by atoms with Crippen LogP contribution in [0, 0.1) is 23.7 Å². The van der Waals surface area contributed by atoms with E-state index in [9.17, 15) is 0 Å². The van der Waals surface area contributed by atoms with E-state index in [0.29, 0.717) is 0 Å². The molecule has 0 aromatic carbocycles. The van der Waals surface area contributed by atoms with E-state index >= 15 is 0 Å². The smallest absolute Gasteiger partial charge is 0.0706 e. The molecule has 0 aromatic heterocycles. The van der Waals surface area contributed by atoms with Gasteiger partial charge < -0.3 is 4.74 Å². The monoisotopic (exact) mass is 376 g/mol. The zero-order chi connectivity index (χ0) is 19.0. The van der Waals surface area contributed by atoms with E-state index in [0.717, 1.165) is 23.7 Å². The molecular formula is C26H48O. The molecule has 0 heterocycles. The molecule has 0 aromatic rings. The summed E-state index contributed by atoms with van der Waals surface area (Å²) >= 11 is 0. The van der Waals surface area contributed by atoms with Crippen LogP contribution in [0.4, 0.5) is 0 Å². The van der Waals surface area contributed by atoms with Gasteiger partial charge in [0.1, 0.15) is 0 Å². The van der Waals surface area contributed by atoms with Crippen molar-refractivity contribution in [2.45, 2.75) is 135 Å².